The summed E-state index contributed by atoms with van der Waals surface area (Å²) in [5.74, 6) is -0.883. The molecule has 2 aromatic carbocycles. The maximum absolute atomic E-state index is 13.9. The molecule has 0 aliphatic carbocycles. The van der Waals surface area contributed by atoms with Gasteiger partial charge < -0.3 is 10.4 Å². The number of nitrogens with one attached hydrogen (secondary N) is 2. The lowest BCUT2D eigenvalue weighted by molar-refractivity contribution is 0.0169. The number of anilines is 1. The molecule has 25 heavy (non-hydrogen) atoms. The lowest BCUT2D eigenvalue weighted by Gasteiger charge is -2.13. The highest BCUT2D eigenvalue weighted by atomic mass is 19.1. The van der Waals surface area contributed by atoms with Crippen LogP contribution >= 0.6 is 0 Å². The van der Waals surface area contributed by atoms with Crippen LogP contribution in [0.1, 0.15) is 27.0 Å². The molecular formula is C18H18FN3O3. The molecule has 0 bridgehead atoms. The van der Waals surface area contributed by atoms with Crippen LogP contribution in [0.4, 0.5) is 10.1 Å². The van der Waals surface area contributed by atoms with Crippen LogP contribution in [0.3, 0.4) is 0 Å². The molecule has 0 saturated carbocycles. The first-order valence-electron chi connectivity index (χ1n) is 7.61. The molecule has 7 heteroatoms. The minimum absolute atomic E-state index is 0.0423. The lowest BCUT2D eigenvalue weighted by Crippen LogP contribution is -2.26. The largest absolute Gasteiger partial charge is 0.394 e. The van der Waals surface area contributed by atoms with Crippen molar-refractivity contribution >= 4 is 11.6 Å². The fraction of sp³-hybridized carbons (Fsp3) is 0.222. The molecule has 3 N–H and O–H groups in total. The Balaban J connectivity index is 2.19. The summed E-state index contributed by atoms with van der Waals surface area (Å²) in [6.45, 7) is 1.68. The van der Waals surface area contributed by atoms with Crippen LogP contribution in [0.15, 0.2) is 36.4 Å². The summed E-state index contributed by atoms with van der Waals surface area (Å²) < 4.78 is 13.9. The van der Waals surface area contributed by atoms with Gasteiger partial charge in [-0.3, -0.25) is 9.63 Å². The van der Waals surface area contributed by atoms with E-state index in [1.165, 1.54) is 24.3 Å². The third-order valence-electron chi connectivity index (χ3n) is 3.43. The van der Waals surface area contributed by atoms with E-state index < -0.39 is 5.91 Å². The van der Waals surface area contributed by atoms with E-state index in [9.17, 15) is 9.18 Å². The van der Waals surface area contributed by atoms with Gasteiger partial charge in [0.05, 0.1) is 30.4 Å². The van der Waals surface area contributed by atoms with E-state index in [4.69, 9.17) is 15.2 Å². The summed E-state index contributed by atoms with van der Waals surface area (Å²) in [4.78, 5) is 17.0. The Morgan fingerprint density at radius 2 is 2.12 bits per heavy atom. The Kier molecular flexibility index (Phi) is 6.46. The molecule has 130 valence electrons. The number of aryl methyl sites for hydroxylation is 1. The van der Waals surface area contributed by atoms with Crippen molar-refractivity contribution in [2.24, 2.45) is 0 Å². The second kappa shape index (κ2) is 8.78. The first kappa shape index (κ1) is 18.4. The number of hydrogen-bond donors (Lipinski definition) is 3. The number of aliphatic hydroxyl groups is 1. The fourth-order valence-electron chi connectivity index (χ4n) is 2.16. The van der Waals surface area contributed by atoms with Crippen molar-refractivity contribution in [3.63, 3.8) is 0 Å². The van der Waals surface area contributed by atoms with Gasteiger partial charge in [0.2, 0.25) is 0 Å². The molecule has 0 aliphatic rings. The SMILES string of the molecule is Cc1ccc(CNc2cc(C#N)ccc2C(=O)NOCCO)c(F)c1. The van der Waals surface area contributed by atoms with Gasteiger partial charge in [0.15, 0.2) is 0 Å². The van der Waals surface area contributed by atoms with E-state index >= 15 is 0 Å². The monoisotopic (exact) mass is 343 g/mol. The van der Waals surface area contributed by atoms with Gasteiger partial charge in [-0.15, -0.1) is 0 Å². The van der Waals surface area contributed by atoms with E-state index in [1.807, 2.05) is 6.07 Å². The van der Waals surface area contributed by atoms with Crippen molar-refractivity contribution in [1.29, 1.82) is 5.26 Å². The molecule has 0 fully saturated rings. The molecule has 0 radical (unpaired) electrons. The van der Waals surface area contributed by atoms with Crippen molar-refractivity contribution in [3.8, 4) is 6.07 Å². The van der Waals surface area contributed by atoms with E-state index in [0.717, 1.165) is 5.56 Å². The Labute approximate surface area is 144 Å². The van der Waals surface area contributed by atoms with E-state index in [-0.39, 0.29) is 31.1 Å². The summed E-state index contributed by atoms with van der Waals surface area (Å²) >= 11 is 0. The number of nitrogens with zero attached hydrogens (tertiary/aromatic N) is 1. The van der Waals surface area contributed by atoms with Gasteiger partial charge in [-0.25, -0.2) is 9.87 Å². The number of amides is 1. The first-order valence-corrected chi connectivity index (χ1v) is 7.61. The molecular weight excluding hydrogens is 325 g/mol. The number of carbonyl (C=O) groups is 1. The minimum Gasteiger partial charge on any atom is -0.394 e. The van der Waals surface area contributed by atoms with Crippen LogP contribution in [0.5, 0.6) is 0 Å². The molecule has 0 unspecified atom stereocenters. The molecule has 1 amide bonds. The fourth-order valence-corrected chi connectivity index (χ4v) is 2.16. The van der Waals surface area contributed by atoms with E-state index in [2.05, 4.69) is 10.8 Å². The normalized spacial score (nSPS) is 10.2. The minimum atomic E-state index is -0.537. The standard InChI is InChI=1S/C18H18FN3O3/c1-12-2-4-14(16(19)8-12)11-21-17-9-13(10-20)3-5-15(17)18(24)22-25-7-6-23/h2-5,8-9,21,23H,6-7,11H2,1H3,(H,22,24). The van der Waals surface area contributed by atoms with Crippen LogP contribution in [-0.4, -0.2) is 24.2 Å². The smallest absolute Gasteiger partial charge is 0.276 e. The number of carbonyl (C=O) groups excluding carboxylic acids is 1. The molecule has 0 spiro atoms. The quantitative estimate of drug-likeness (QED) is 0.530. The lowest BCUT2D eigenvalue weighted by atomic mass is 10.1. The summed E-state index contributed by atoms with van der Waals surface area (Å²) in [6, 6.07) is 11.4. The number of aliphatic hydroxyl groups excluding tert-OH is 1. The number of benzene rings is 2. The molecule has 0 heterocycles. The van der Waals surface area contributed by atoms with Crippen molar-refractivity contribution in [3.05, 3.63) is 64.5 Å². The van der Waals surface area contributed by atoms with Gasteiger partial charge in [-0.2, -0.15) is 5.26 Å². The number of halogens is 1. The summed E-state index contributed by atoms with van der Waals surface area (Å²) in [5.41, 5.74) is 4.43. The van der Waals surface area contributed by atoms with Crippen molar-refractivity contribution < 1.29 is 19.1 Å². The van der Waals surface area contributed by atoms with Gasteiger partial charge in [0.25, 0.3) is 5.91 Å². The van der Waals surface area contributed by atoms with Crippen LogP contribution in [-0.2, 0) is 11.4 Å². The molecule has 2 rings (SSSR count). The van der Waals surface area contributed by atoms with Crippen LogP contribution in [0.2, 0.25) is 0 Å². The first-order chi connectivity index (χ1) is 12.0. The van der Waals surface area contributed by atoms with Crippen molar-refractivity contribution in [2.75, 3.05) is 18.5 Å². The number of nitriles is 1. The summed E-state index contributed by atoms with van der Waals surface area (Å²) in [7, 11) is 0. The Morgan fingerprint density at radius 3 is 2.80 bits per heavy atom. The van der Waals surface area contributed by atoms with Crippen LogP contribution < -0.4 is 10.8 Å². The topological polar surface area (TPSA) is 94.4 Å². The molecule has 2 aromatic rings. The zero-order chi connectivity index (χ0) is 18.2. The van der Waals surface area contributed by atoms with Gasteiger partial charge >= 0.3 is 0 Å². The zero-order valence-electron chi connectivity index (χ0n) is 13.7. The molecule has 0 saturated heterocycles. The van der Waals surface area contributed by atoms with Crippen LogP contribution in [0, 0.1) is 24.1 Å². The molecule has 0 aliphatic heterocycles. The van der Waals surface area contributed by atoms with Crippen LogP contribution in [0.25, 0.3) is 0 Å². The average molecular weight is 343 g/mol. The third-order valence-corrected chi connectivity index (χ3v) is 3.43. The highest BCUT2D eigenvalue weighted by Gasteiger charge is 2.13. The summed E-state index contributed by atoms with van der Waals surface area (Å²) in [6.07, 6.45) is 0. The second-order valence-electron chi connectivity index (χ2n) is 5.32. The Hall–Kier alpha value is -2.95. The van der Waals surface area contributed by atoms with Gasteiger partial charge in [0.1, 0.15) is 5.82 Å². The molecule has 0 atom stereocenters. The highest BCUT2D eigenvalue weighted by molar-refractivity contribution is 5.99. The summed E-state index contributed by atoms with van der Waals surface area (Å²) in [5, 5.41) is 20.7. The van der Waals surface area contributed by atoms with Gasteiger partial charge in [0, 0.05) is 17.8 Å². The maximum atomic E-state index is 13.9. The number of hydroxylamine groups is 1. The molecule has 6 nitrogen and oxygen atoms in total. The van der Waals surface area contributed by atoms with Gasteiger partial charge in [-0.1, -0.05) is 12.1 Å². The van der Waals surface area contributed by atoms with Crippen molar-refractivity contribution in [2.45, 2.75) is 13.5 Å². The van der Waals surface area contributed by atoms with Gasteiger partial charge in [-0.05, 0) is 36.8 Å². The number of hydrogen-bond acceptors (Lipinski definition) is 5. The van der Waals surface area contributed by atoms with Crippen molar-refractivity contribution in [1.82, 2.24) is 5.48 Å². The highest BCUT2D eigenvalue weighted by Crippen LogP contribution is 2.20. The average Bonchev–Trinajstić information content (AvgIpc) is 2.60. The Bertz CT molecular complexity index is 803. The third kappa shape index (κ3) is 5.01. The Morgan fingerprint density at radius 1 is 1.32 bits per heavy atom. The maximum Gasteiger partial charge on any atom is 0.276 e. The van der Waals surface area contributed by atoms with E-state index in [1.54, 1.807) is 19.1 Å². The number of rotatable bonds is 7. The predicted molar refractivity (Wildman–Crippen MR) is 90.1 cm³/mol. The van der Waals surface area contributed by atoms with E-state index in [0.29, 0.717) is 16.8 Å². The predicted octanol–water partition coefficient (Wildman–Crippen LogP) is 2.27. The molecule has 0 aromatic heterocycles. The zero-order valence-corrected chi connectivity index (χ0v) is 13.7. The second-order valence-corrected chi connectivity index (χ2v) is 5.32.